The van der Waals surface area contributed by atoms with Crippen LogP contribution in [0, 0.1) is 0 Å². The Morgan fingerprint density at radius 2 is 1.47 bits per heavy atom. The molecule has 156 valence electrons. The number of amides is 1. The van der Waals surface area contributed by atoms with E-state index in [0.29, 0.717) is 18.0 Å². The number of ether oxygens (including phenoxy) is 2. The normalized spacial score (nSPS) is 12.1. The Hall–Kier alpha value is -3.27. The topological polar surface area (TPSA) is 47.6 Å². The first kappa shape index (κ1) is 21.4. The summed E-state index contributed by atoms with van der Waals surface area (Å²) in [5, 5.41) is 2.88. The number of hydrogen-bond acceptors (Lipinski definition) is 3. The van der Waals surface area contributed by atoms with Gasteiger partial charge in [0.2, 0.25) is 0 Å². The quantitative estimate of drug-likeness (QED) is 0.529. The van der Waals surface area contributed by atoms with Crippen molar-refractivity contribution in [1.82, 2.24) is 0 Å². The summed E-state index contributed by atoms with van der Waals surface area (Å²) in [5.74, 6) is 1.23. The molecule has 0 unspecified atom stereocenters. The van der Waals surface area contributed by atoms with E-state index >= 15 is 0 Å². The predicted molar refractivity (Wildman–Crippen MR) is 121 cm³/mol. The van der Waals surface area contributed by atoms with Crippen LogP contribution < -0.4 is 14.8 Å². The van der Waals surface area contributed by atoms with Gasteiger partial charge in [-0.2, -0.15) is 0 Å². The second kappa shape index (κ2) is 9.49. The SMILES string of the molecule is C[C@H](Oc1ccc(C(C)(C)C)cc1)C(=O)Nc1ccc(OCc2ccccc2)cc1. The number of carbonyl (C=O) groups excluding carboxylic acids is 1. The smallest absolute Gasteiger partial charge is 0.265 e. The van der Waals surface area contributed by atoms with Gasteiger partial charge in [-0.3, -0.25) is 4.79 Å². The largest absolute Gasteiger partial charge is 0.489 e. The fraction of sp³-hybridized carbons (Fsp3) is 0.269. The standard InChI is InChI=1S/C26H29NO3/c1-19(30-24-14-10-21(11-15-24)26(2,3)4)25(28)27-22-12-16-23(17-13-22)29-18-20-8-6-5-7-9-20/h5-17,19H,18H2,1-4H3,(H,27,28)/t19-/m0/s1. The second-order valence-corrected chi connectivity index (χ2v) is 8.32. The lowest BCUT2D eigenvalue weighted by Crippen LogP contribution is -2.30. The van der Waals surface area contributed by atoms with E-state index in [4.69, 9.17) is 9.47 Å². The summed E-state index contributed by atoms with van der Waals surface area (Å²) in [6, 6.07) is 25.2. The minimum atomic E-state index is -0.612. The molecule has 4 heteroatoms. The number of benzene rings is 3. The van der Waals surface area contributed by atoms with Gasteiger partial charge in [0.15, 0.2) is 6.10 Å². The van der Waals surface area contributed by atoms with E-state index in [9.17, 15) is 4.79 Å². The predicted octanol–water partition coefficient (Wildman–Crippen LogP) is 5.97. The molecular formula is C26H29NO3. The first-order valence-corrected chi connectivity index (χ1v) is 10.2. The van der Waals surface area contributed by atoms with E-state index in [1.807, 2.05) is 78.9 Å². The van der Waals surface area contributed by atoms with Crippen molar-refractivity contribution in [2.24, 2.45) is 0 Å². The van der Waals surface area contributed by atoms with Gasteiger partial charge < -0.3 is 14.8 Å². The Kier molecular flexibility index (Phi) is 6.78. The molecule has 4 nitrogen and oxygen atoms in total. The molecule has 0 bridgehead atoms. The molecule has 0 saturated heterocycles. The molecule has 0 aliphatic rings. The maximum atomic E-state index is 12.5. The monoisotopic (exact) mass is 403 g/mol. The summed E-state index contributed by atoms with van der Waals surface area (Å²) in [5.41, 5.74) is 3.11. The fourth-order valence-corrected chi connectivity index (χ4v) is 2.91. The zero-order valence-corrected chi connectivity index (χ0v) is 18.0. The van der Waals surface area contributed by atoms with Crippen LogP contribution in [0.3, 0.4) is 0 Å². The Labute approximate surface area is 178 Å². The number of anilines is 1. The van der Waals surface area contributed by atoms with Gasteiger partial charge in [-0.05, 0) is 59.9 Å². The summed E-state index contributed by atoms with van der Waals surface area (Å²) >= 11 is 0. The molecule has 1 atom stereocenters. The highest BCUT2D eigenvalue weighted by Crippen LogP contribution is 2.25. The Morgan fingerprint density at radius 3 is 2.07 bits per heavy atom. The van der Waals surface area contributed by atoms with E-state index in [2.05, 4.69) is 26.1 Å². The number of rotatable bonds is 7. The Bertz CT molecular complexity index is 942. The Morgan fingerprint density at radius 1 is 0.867 bits per heavy atom. The molecule has 3 aromatic rings. The lowest BCUT2D eigenvalue weighted by atomic mass is 9.87. The van der Waals surface area contributed by atoms with Gasteiger partial charge in [-0.15, -0.1) is 0 Å². The fourth-order valence-electron chi connectivity index (χ4n) is 2.91. The third-order valence-electron chi connectivity index (χ3n) is 4.77. The van der Waals surface area contributed by atoms with Crippen molar-refractivity contribution < 1.29 is 14.3 Å². The minimum Gasteiger partial charge on any atom is -0.489 e. The zero-order valence-electron chi connectivity index (χ0n) is 18.0. The average molecular weight is 404 g/mol. The van der Waals surface area contributed by atoms with Gasteiger partial charge in [0, 0.05) is 5.69 Å². The van der Waals surface area contributed by atoms with E-state index in [0.717, 1.165) is 11.3 Å². The molecule has 0 spiro atoms. The van der Waals surface area contributed by atoms with Crippen molar-refractivity contribution in [2.75, 3.05) is 5.32 Å². The van der Waals surface area contributed by atoms with Crippen LogP contribution in [0.25, 0.3) is 0 Å². The minimum absolute atomic E-state index is 0.0818. The summed E-state index contributed by atoms with van der Waals surface area (Å²) in [7, 11) is 0. The van der Waals surface area contributed by atoms with Gasteiger partial charge in [-0.1, -0.05) is 63.2 Å². The summed E-state index contributed by atoms with van der Waals surface area (Å²) in [6.07, 6.45) is -0.612. The number of hydrogen-bond donors (Lipinski definition) is 1. The molecule has 0 aliphatic carbocycles. The van der Waals surface area contributed by atoms with Crippen LogP contribution in [0.2, 0.25) is 0 Å². The number of nitrogens with one attached hydrogen (secondary N) is 1. The van der Waals surface area contributed by atoms with Crippen molar-refractivity contribution >= 4 is 11.6 Å². The molecular weight excluding hydrogens is 374 g/mol. The van der Waals surface area contributed by atoms with Crippen molar-refractivity contribution in [2.45, 2.75) is 45.8 Å². The van der Waals surface area contributed by atoms with Gasteiger partial charge in [0.1, 0.15) is 18.1 Å². The molecule has 1 N–H and O–H groups in total. The van der Waals surface area contributed by atoms with Gasteiger partial charge in [-0.25, -0.2) is 0 Å². The van der Waals surface area contributed by atoms with Crippen molar-refractivity contribution in [1.29, 1.82) is 0 Å². The van der Waals surface area contributed by atoms with Crippen molar-refractivity contribution in [3.63, 3.8) is 0 Å². The van der Waals surface area contributed by atoms with E-state index in [1.54, 1.807) is 6.92 Å². The maximum absolute atomic E-state index is 12.5. The molecule has 0 aliphatic heterocycles. The molecule has 3 aromatic carbocycles. The second-order valence-electron chi connectivity index (χ2n) is 8.32. The van der Waals surface area contributed by atoms with Crippen LogP contribution in [0.5, 0.6) is 11.5 Å². The van der Waals surface area contributed by atoms with Crippen LogP contribution in [0.4, 0.5) is 5.69 Å². The third kappa shape index (κ3) is 6.11. The molecule has 0 radical (unpaired) electrons. The van der Waals surface area contributed by atoms with Crippen LogP contribution >= 0.6 is 0 Å². The lowest BCUT2D eigenvalue weighted by molar-refractivity contribution is -0.122. The summed E-state index contributed by atoms with van der Waals surface area (Å²) in [6.45, 7) is 8.74. The molecule has 0 saturated carbocycles. The highest BCUT2D eigenvalue weighted by molar-refractivity contribution is 5.94. The molecule has 1 amide bonds. The van der Waals surface area contributed by atoms with Gasteiger partial charge in [0.05, 0.1) is 0 Å². The first-order valence-electron chi connectivity index (χ1n) is 10.2. The molecule has 3 rings (SSSR count). The molecule has 0 fully saturated rings. The van der Waals surface area contributed by atoms with Crippen molar-refractivity contribution in [3.05, 3.63) is 90.0 Å². The highest BCUT2D eigenvalue weighted by Gasteiger charge is 2.17. The van der Waals surface area contributed by atoms with Crippen LogP contribution in [-0.2, 0) is 16.8 Å². The lowest BCUT2D eigenvalue weighted by Gasteiger charge is -2.20. The van der Waals surface area contributed by atoms with Crippen LogP contribution in [-0.4, -0.2) is 12.0 Å². The Balaban J connectivity index is 1.51. The van der Waals surface area contributed by atoms with E-state index < -0.39 is 6.10 Å². The van der Waals surface area contributed by atoms with Crippen LogP contribution in [0.15, 0.2) is 78.9 Å². The zero-order chi connectivity index (χ0) is 21.6. The summed E-state index contributed by atoms with van der Waals surface area (Å²) < 4.78 is 11.6. The van der Waals surface area contributed by atoms with Crippen molar-refractivity contribution in [3.8, 4) is 11.5 Å². The molecule has 0 heterocycles. The summed E-state index contributed by atoms with van der Waals surface area (Å²) in [4.78, 5) is 12.5. The van der Waals surface area contributed by atoms with E-state index in [1.165, 1.54) is 5.56 Å². The highest BCUT2D eigenvalue weighted by atomic mass is 16.5. The molecule has 0 aromatic heterocycles. The maximum Gasteiger partial charge on any atom is 0.265 e. The van der Waals surface area contributed by atoms with Gasteiger partial charge in [0.25, 0.3) is 5.91 Å². The van der Waals surface area contributed by atoms with Gasteiger partial charge >= 0.3 is 0 Å². The van der Waals surface area contributed by atoms with E-state index in [-0.39, 0.29) is 11.3 Å². The third-order valence-corrected chi connectivity index (χ3v) is 4.77. The number of carbonyl (C=O) groups is 1. The average Bonchev–Trinajstić information content (AvgIpc) is 2.73. The molecule has 30 heavy (non-hydrogen) atoms. The first-order chi connectivity index (χ1) is 14.3. The van der Waals surface area contributed by atoms with Crippen LogP contribution in [0.1, 0.15) is 38.8 Å².